The van der Waals surface area contributed by atoms with Crippen molar-refractivity contribution in [3.63, 3.8) is 0 Å². The molecule has 98 valence electrons. The van der Waals surface area contributed by atoms with Gasteiger partial charge in [-0.1, -0.05) is 6.07 Å². The van der Waals surface area contributed by atoms with E-state index in [9.17, 15) is 0 Å². The first-order valence-corrected chi connectivity index (χ1v) is 6.69. The number of fused-ring (bicyclic) bond motifs is 1. The maximum absolute atomic E-state index is 5.35. The Kier molecular flexibility index (Phi) is 3.12. The van der Waals surface area contributed by atoms with E-state index >= 15 is 0 Å². The molecule has 0 radical (unpaired) electrons. The number of oxazole rings is 1. The summed E-state index contributed by atoms with van der Waals surface area (Å²) >= 11 is 3.52. The van der Waals surface area contributed by atoms with E-state index in [1.54, 1.807) is 0 Å². The number of rotatable bonds is 3. The maximum Gasteiger partial charge on any atom is 0.181 e. The Hall–Kier alpha value is -1.66. The number of imidazole rings is 1. The van der Waals surface area contributed by atoms with Crippen LogP contribution < -0.4 is 5.32 Å². The van der Waals surface area contributed by atoms with Gasteiger partial charge in [0.25, 0.3) is 0 Å². The van der Waals surface area contributed by atoms with Crippen molar-refractivity contribution >= 4 is 27.0 Å². The highest BCUT2D eigenvalue weighted by atomic mass is 79.9. The van der Waals surface area contributed by atoms with Crippen LogP contribution in [-0.4, -0.2) is 21.6 Å². The predicted octanol–water partition coefficient (Wildman–Crippen LogP) is 2.71. The molecule has 2 aromatic heterocycles. The number of benzene rings is 1. The van der Waals surface area contributed by atoms with Gasteiger partial charge in [0.05, 0.1) is 12.2 Å². The Balaban J connectivity index is 2.14. The fourth-order valence-corrected chi connectivity index (χ4v) is 2.84. The summed E-state index contributed by atoms with van der Waals surface area (Å²) in [6.07, 6.45) is 1.46. The molecule has 0 bridgehead atoms. The fraction of sp³-hybridized carbons (Fsp3) is 0.231. The topological polar surface area (TPSA) is 55.9 Å². The lowest BCUT2D eigenvalue weighted by Gasteiger charge is -2.06. The molecule has 0 fully saturated rings. The van der Waals surface area contributed by atoms with Crippen molar-refractivity contribution in [3.05, 3.63) is 35.0 Å². The largest absolute Gasteiger partial charge is 0.443 e. The van der Waals surface area contributed by atoms with Gasteiger partial charge in [-0.3, -0.25) is 0 Å². The SMILES string of the molecule is CNCc1nc(Br)c(-c2ccc3ncoc3c2)n1C. The van der Waals surface area contributed by atoms with Crippen LogP contribution in [0.2, 0.25) is 0 Å². The van der Waals surface area contributed by atoms with Gasteiger partial charge in [-0.15, -0.1) is 0 Å². The van der Waals surface area contributed by atoms with E-state index in [2.05, 4.69) is 35.8 Å². The van der Waals surface area contributed by atoms with Crippen molar-refractivity contribution in [1.82, 2.24) is 19.9 Å². The third kappa shape index (κ3) is 2.06. The second kappa shape index (κ2) is 4.79. The zero-order valence-corrected chi connectivity index (χ0v) is 12.2. The van der Waals surface area contributed by atoms with Gasteiger partial charge in [-0.2, -0.15) is 0 Å². The van der Waals surface area contributed by atoms with Crippen LogP contribution >= 0.6 is 15.9 Å². The Morgan fingerprint density at radius 3 is 3.05 bits per heavy atom. The first kappa shape index (κ1) is 12.4. The number of hydrogen-bond donors (Lipinski definition) is 1. The molecule has 0 aliphatic carbocycles. The van der Waals surface area contributed by atoms with Crippen LogP contribution in [0.15, 0.2) is 33.6 Å². The maximum atomic E-state index is 5.35. The van der Waals surface area contributed by atoms with E-state index in [-0.39, 0.29) is 0 Å². The van der Waals surface area contributed by atoms with Gasteiger partial charge in [0.1, 0.15) is 15.9 Å². The van der Waals surface area contributed by atoms with Gasteiger partial charge in [0, 0.05) is 12.6 Å². The lowest BCUT2D eigenvalue weighted by Crippen LogP contribution is -2.10. The zero-order chi connectivity index (χ0) is 13.4. The van der Waals surface area contributed by atoms with Crippen LogP contribution in [0.3, 0.4) is 0 Å². The molecule has 0 saturated carbocycles. The van der Waals surface area contributed by atoms with Crippen molar-refractivity contribution < 1.29 is 4.42 Å². The van der Waals surface area contributed by atoms with E-state index in [0.29, 0.717) is 0 Å². The number of aromatic nitrogens is 3. The zero-order valence-electron chi connectivity index (χ0n) is 10.6. The molecular weight excluding hydrogens is 308 g/mol. The van der Waals surface area contributed by atoms with Crippen LogP contribution in [-0.2, 0) is 13.6 Å². The van der Waals surface area contributed by atoms with Crippen molar-refractivity contribution in [1.29, 1.82) is 0 Å². The first-order chi connectivity index (χ1) is 9.20. The molecule has 1 aromatic carbocycles. The molecule has 19 heavy (non-hydrogen) atoms. The van der Waals surface area contributed by atoms with Gasteiger partial charge in [0.15, 0.2) is 12.0 Å². The normalized spacial score (nSPS) is 11.3. The van der Waals surface area contributed by atoms with Crippen LogP contribution in [0.4, 0.5) is 0 Å². The molecule has 6 heteroatoms. The van der Waals surface area contributed by atoms with Crippen LogP contribution in [0.5, 0.6) is 0 Å². The van der Waals surface area contributed by atoms with Crippen LogP contribution in [0.1, 0.15) is 5.82 Å². The summed E-state index contributed by atoms with van der Waals surface area (Å²) in [5, 5.41) is 3.11. The highest BCUT2D eigenvalue weighted by Gasteiger charge is 2.15. The Bertz CT molecular complexity index is 731. The molecule has 0 amide bonds. The summed E-state index contributed by atoms with van der Waals surface area (Å²) in [6.45, 7) is 0.722. The minimum absolute atomic E-state index is 0.722. The van der Waals surface area contributed by atoms with E-state index in [0.717, 1.165) is 39.3 Å². The highest BCUT2D eigenvalue weighted by molar-refractivity contribution is 9.10. The smallest absolute Gasteiger partial charge is 0.181 e. The number of halogens is 1. The third-order valence-corrected chi connectivity index (χ3v) is 3.64. The minimum atomic E-state index is 0.722. The molecule has 0 spiro atoms. The van der Waals surface area contributed by atoms with E-state index < -0.39 is 0 Å². The molecule has 3 aromatic rings. The fourth-order valence-electron chi connectivity index (χ4n) is 2.14. The molecule has 0 saturated heterocycles. The average molecular weight is 321 g/mol. The lowest BCUT2D eigenvalue weighted by atomic mass is 10.1. The summed E-state index contributed by atoms with van der Waals surface area (Å²) in [5.41, 5.74) is 3.72. The molecular formula is C13H13BrN4O. The van der Waals surface area contributed by atoms with Gasteiger partial charge in [0.2, 0.25) is 0 Å². The Morgan fingerprint density at radius 2 is 2.26 bits per heavy atom. The summed E-state index contributed by atoms with van der Waals surface area (Å²) in [6, 6.07) is 5.95. The third-order valence-electron chi connectivity index (χ3n) is 3.08. The summed E-state index contributed by atoms with van der Waals surface area (Å²) in [7, 11) is 3.91. The van der Waals surface area contributed by atoms with Crippen LogP contribution in [0.25, 0.3) is 22.4 Å². The Morgan fingerprint density at radius 1 is 1.42 bits per heavy atom. The second-order valence-electron chi connectivity index (χ2n) is 4.29. The molecule has 3 rings (SSSR count). The molecule has 5 nitrogen and oxygen atoms in total. The van der Waals surface area contributed by atoms with Crippen molar-refractivity contribution in [2.24, 2.45) is 7.05 Å². The van der Waals surface area contributed by atoms with Gasteiger partial charge >= 0.3 is 0 Å². The van der Waals surface area contributed by atoms with Crippen LogP contribution in [0, 0.1) is 0 Å². The summed E-state index contributed by atoms with van der Waals surface area (Å²) in [5.74, 6) is 0.974. The van der Waals surface area contributed by atoms with E-state index in [4.69, 9.17) is 4.42 Å². The minimum Gasteiger partial charge on any atom is -0.443 e. The molecule has 0 aliphatic heterocycles. The molecule has 0 atom stereocenters. The number of hydrogen-bond acceptors (Lipinski definition) is 4. The lowest BCUT2D eigenvalue weighted by molar-refractivity contribution is 0.602. The summed E-state index contributed by atoms with van der Waals surface area (Å²) in [4.78, 5) is 8.64. The van der Waals surface area contributed by atoms with E-state index in [1.807, 2.05) is 32.3 Å². The first-order valence-electron chi connectivity index (χ1n) is 5.90. The number of nitrogens with zero attached hydrogens (tertiary/aromatic N) is 3. The average Bonchev–Trinajstić information content (AvgIpc) is 2.95. The highest BCUT2D eigenvalue weighted by Crippen LogP contribution is 2.30. The van der Waals surface area contributed by atoms with Gasteiger partial charge in [-0.25, -0.2) is 9.97 Å². The molecule has 0 aliphatic rings. The second-order valence-corrected chi connectivity index (χ2v) is 5.04. The summed E-state index contributed by atoms with van der Waals surface area (Å²) < 4.78 is 8.25. The van der Waals surface area contributed by atoms with Crippen molar-refractivity contribution in [2.45, 2.75) is 6.54 Å². The molecule has 2 heterocycles. The van der Waals surface area contributed by atoms with E-state index in [1.165, 1.54) is 6.39 Å². The number of nitrogens with one attached hydrogen (secondary N) is 1. The quantitative estimate of drug-likeness (QED) is 0.806. The molecule has 0 unspecified atom stereocenters. The van der Waals surface area contributed by atoms with Gasteiger partial charge in [-0.05, 0) is 35.1 Å². The standard InChI is InChI=1S/C13H13BrN4O/c1-15-6-11-17-13(14)12(18(11)2)8-3-4-9-10(5-8)19-7-16-9/h3-5,7,15H,6H2,1-2H3. The molecule has 1 N–H and O–H groups in total. The van der Waals surface area contributed by atoms with Crippen molar-refractivity contribution in [2.75, 3.05) is 7.05 Å². The Labute approximate surface area is 118 Å². The monoisotopic (exact) mass is 320 g/mol. The van der Waals surface area contributed by atoms with Gasteiger partial charge < -0.3 is 14.3 Å². The van der Waals surface area contributed by atoms with Crippen molar-refractivity contribution in [3.8, 4) is 11.3 Å². The predicted molar refractivity (Wildman–Crippen MR) is 76.7 cm³/mol.